The third-order valence-corrected chi connectivity index (χ3v) is 2.12. The molecule has 0 aliphatic rings. The molecule has 1 aromatic carbocycles. The highest BCUT2D eigenvalue weighted by Gasteiger charge is 2.05. The Morgan fingerprint density at radius 3 is 2.18 bits per heavy atom. The molecular weight excluding hydrogens is 226 g/mol. The Hall–Kier alpha value is -2.04. The lowest BCUT2D eigenvalue weighted by molar-refractivity contribution is -0.0498. The SMILES string of the molecule is Cc1cnc(-c2ccc(OC(F)F)cc2)nc1. The minimum atomic E-state index is -2.81. The van der Waals surface area contributed by atoms with E-state index in [1.807, 2.05) is 6.92 Å². The van der Waals surface area contributed by atoms with Crippen molar-refractivity contribution >= 4 is 0 Å². The molecule has 0 saturated carbocycles. The van der Waals surface area contributed by atoms with Gasteiger partial charge in [0.25, 0.3) is 0 Å². The highest BCUT2D eigenvalue weighted by molar-refractivity contribution is 5.55. The molecule has 1 aromatic heterocycles. The molecule has 1 heterocycles. The van der Waals surface area contributed by atoms with Gasteiger partial charge in [-0.25, -0.2) is 9.97 Å². The molecule has 0 radical (unpaired) electrons. The first-order valence-corrected chi connectivity index (χ1v) is 4.99. The van der Waals surface area contributed by atoms with E-state index in [0.29, 0.717) is 5.82 Å². The quantitative estimate of drug-likeness (QED) is 0.821. The molecule has 0 atom stereocenters. The average Bonchev–Trinajstić information content (AvgIpc) is 2.30. The molecule has 0 aliphatic heterocycles. The molecule has 2 aromatic rings. The Balaban J connectivity index is 2.20. The van der Waals surface area contributed by atoms with Gasteiger partial charge < -0.3 is 4.74 Å². The van der Waals surface area contributed by atoms with Gasteiger partial charge in [0.15, 0.2) is 5.82 Å². The summed E-state index contributed by atoms with van der Waals surface area (Å²) in [5.41, 5.74) is 1.72. The van der Waals surface area contributed by atoms with Crippen LogP contribution in [0.15, 0.2) is 36.7 Å². The van der Waals surface area contributed by atoms with Gasteiger partial charge in [0.05, 0.1) is 0 Å². The number of halogens is 2. The van der Waals surface area contributed by atoms with Gasteiger partial charge in [-0.15, -0.1) is 0 Å². The second-order valence-corrected chi connectivity index (χ2v) is 3.49. The van der Waals surface area contributed by atoms with Crippen LogP contribution in [0, 0.1) is 6.92 Å². The number of nitrogens with zero attached hydrogens (tertiary/aromatic N) is 2. The lowest BCUT2D eigenvalue weighted by Gasteiger charge is -2.05. The molecule has 2 rings (SSSR count). The molecule has 0 saturated heterocycles. The Morgan fingerprint density at radius 2 is 1.65 bits per heavy atom. The fraction of sp³-hybridized carbons (Fsp3) is 0.167. The van der Waals surface area contributed by atoms with Crippen LogP contribution in [0.3, 0.4) is 0 Å². The maximum absolute atomic E-state index is 11.9. The predicted molar refractivity (Wildman–Crippen MR) is 58.8 cm³/mol. The minimum absolute atomic E-state index is 0.121. The monoisotopic (exact) mass is 236 g/mol. The largest absolute Gasteiger partial charge is 0.435 e. The molecule has 17 heavy (non-hydrogen) atoms. The summed E-state index contributed by atoms with van der Waals surface area (Å²) < 4.78 is 28.1. The first kappa shape index (κ1) is 11.4. The van der Waals surface area contributed by atoms with Gasteiger partial charge in [-0.2, -0.15) is 8.78 Å². The van der Waals surface area contributed by atoms with Crippen LogP contribution in [0.4, 0.5) is 8.78 Å². The van der Waals surface area contributed by atoms with Gasteiger partial charge in [0, 0.05) is 18.0 Å². The van der Waals surface area contributed by atoms with Crippen molar-refractivity contribution in [2.24, 2.45) is 0 Å². The molecule has 0 amide bonds. The first-order valence-electron chi connectivity index (χ1n) is 4.99. The molecule has 0 bridgehead atoms. The lowest BCUT2D eigenvalue weighted by Crippen LogP contribution is -2.01. The van der Waals surface area contributed by atoms with Crippen molar-refractivity contribution in [3.05, 3.63) is 42.2 Å². The van der Waals surface area contributed by atoms with E-state index in [4.69, 9.17) is 0 Å². The summed E-state index contributed by atoms with van der Waals surface area (Å²) >= 11 is 0. The third-order valence-electron chi connectivity index (χ3n) is 2.12. The summed E-state index contributed by atoms with van der Waals surface area (Å²) in [6.07, 6.45) is 3.40. The number of ether oxygens (including phenoxy) is 1. The maximum Gasteiger partial charge on any atom is 0.387 e. The van der Waals surface area contributed by atoms with E-state index in [9.17, 15) is 8.78 Å². The predicted octanol–water partition coefficient (Wildman–Crippen LogP) is 3.05. The highest BCUT2D eigenvalue weighted by Crippen LogP contribution is 2.20. The smallest absolute Gasteiger partial charge is 0.387 e. The zero-order valence-electron chi connectivity index (χ0n) is 9.10. The molecule has 3 nitrogen and oxygen atoms in total. The average molecular weight is 236 g/mol. The summed E-state index contributed by atoms with van der Waals surface area (Å²) in [4.78, 5) is 8.28. The molecule has 0 spiro atoms. The van der Waals surface area contributed by atoms with Crippen LogP contribution in [0.1, 0.15) is 5.56 Å². The van der Waals surface area contributed by atoms with Crippen molar-refractivity contribution in [1.29, 1.82) is 0 Å². The fourth-order valence-electron chi connectivity index (χ4n) is 1.33. The number of alkyl halides is 2. The van der Waals surface area contributed by atoms with Crippen LogP contribution in [0.5, 0.6) is 5.75 Å². The number of hydrogen-bond acceptors (Lipinski definition) is 3. The van der Waals surface area contributed by atoms with E-state index in [-0.39, 0.29) is 5.75 Å². The Labute approximate surface area is 97.1 Å². The number of rotatable bonds is 3. The van der Waals surface area contributed by atoms with E-state index >= 15 is 0 Å². The zero-order chi connectivity index (χ0) is 12.3. The molecule has 0 unspecified atom stereocenters. The van der Waals surface area contributed by atoms with E-state index in [1.165, 1.54) is 12.1 Å². The summed E-state index contributed by atoms with van der Waals surface area (Å²) in [6, 6.07) is 6.21. The van der Waals surface area contributed by atoms with Crippen LogP contribution in [0.2, 0.25) is 0 Å². The summed E-state index contributed by atoms with van der Waals surface area (Å²) in [7, 11) is 0. The molecular formula is C12H10F2N2O. The van der Waals surface area contributed by atoms with Gasteiger partial charge in [-0.05, 0) is 36.8 Å². The first-order chi connectivity index (χ1) is 8.15. The van der Waals surface area contributed by atoms with Crippen molar-refractivity contribution in [2.45, 2.75) is 13.5 Å². The van der Waals surface area contributed by atoms with Crippen LogP contribution < -0.4 is 4.74 Å². The zero-order valence-corrected chi connectivity index (χ0v) is 9.10. The van der Waals surface area contributed by atoms with Crippen LogP contribution in [0.25, 0.3) is 11.4 Å². The molecule has 0 aliphatic carbocycles. The lowest BCUT2D eigenvalue weighted by atomic mass is 10.2. The van der Waals surface area contributed by atoms with E-state index in [1.54, 1.807) is 24.5 Å². The normalized spacial score (nSPS) is 10.6. The number of aryl methyl sites for hydroxylation is 1. The van der Waals surface area contributed by atoms with Gasteiger partial charge >= 0.3 is 6.61 Å². The number of benzene rings is 1. The van der Waals surface area contributed by atoms with Crippen LogP contribution in [-0.2, 0) is 0 Å². The fourth-order valence-corrected chi connectivity index (χ4v) is 1.33. The highest BCUT2D eigenvalue weighted by atomic mass is 19.3. The molecule has 88 valence electrons. The Bertz CT molecular complexity index is 483. The van der Waals surface area contributed by atoms with Gasteiger partial charge in [0.1, 0.15) is 5.75 Å². The van der Waals surface area contributed by atoms with Gasteiger partial charge in [-0.3, -0.25) is 0 Å². The standard InChI is InChI=1S/C12H10F2N2O/c1-8-6-15-11(16-7-8)9-2-4-10(5-3-9)17-12(13)14/h2-7,12H,1H3. The second-order valence-electron chi connectivity index (χ2n) is 3.49. The summed E-state index contributed by atoms with van der Waals surface area (Å²) in [5.74, 6) is 0.676. The number of aromatic nitrogens is 2. The summed E-state index contributed by atoms with van der Waals surface area (Å²) in [5, 5.41) is 0. The Kier molecular flexibility index (Phi) is 3.27. The second kappa shape index (κ2) is 4.86. The van der Waals surface area contributed by atoms with E-state index < -0.39 is 6.61 Å². The number of hydrogen-bond donors (Lipinski definition) is 0. The van der Waals surface area contributed by atoms with E-state index in [2.05, 4.69) is 14.7 Å². The summed E-state index contributed by atoms with van der Waals surface area (Å²) in [6.45, 7) is -0.917. The topological polar surface area (TPSA) is 35.0 Å². The molecule has 5 heteroatoms. The van der Waals surface area contributed by atoms with Crippen molar-refractivity contribution in [3.63, 3.8) is 0 Å². The van der Waals surface area contributed by atoms with Crippen molar-refractivity contribution in [2.75, 3.05) is 0 Å². The molecule has 0 N–H and O–H groups in total. The minimum Gasteiger partial charge on any atom is -0.435 e. The third kappa shape index (κ3) is 2.96. The molecule has 0 fully saturated rings. The van der Waals surface area contributed by atoms with Gasteiger partial charge in [-0.1, -0.05) is 0 Å². The van der Waals surface area contributed by atoms with Crippen LogP contribution in [-0.4, -0.2) is 16.6 Å². The van der Waals surface area contributed by atoms with Crippen molar-refractivity contribution < 1.29 is 13.5 Å². The Morgan fingerprint density at radius 1 is 1.06 bits per heavy atom. The van der Waals surface area contributed by atoms with Crippen molar-refractivity contribution in [3.8, 4) is 17.1 Å². The van der Waals surface area contributed by atoms with Crippen LogP contribution >= 0.6 is 0 Å². The maximum atomic E-state index is 11.9. The van der Waals surface area contributed by atoms with Gasteiger partial charge in [0.2, 0.25) is 0 Å². The van der Waals surface area contributed by atoms with Crippen molar-refractivity contribution in [1.82, 2.24) is 9.97 Å². The van der Waals surface area contributed by atoms with E-state index in [0.717, 1.165) is 11.1 Å².